The van der Waals surface area contributed by atoms with Gasteiger partial charge in [0.1, 0.15) is 5.78 Å². The Kier molecular flexibility index (Phi) is 4.30. The van der Waals surface area contributed by atoms with Gasteiger partial charge in [-0.15, -0.1) is 0 Å². The molecule has 0 unspecified atom stereocenters. The second kappa shape index (κ2) is 5.31. The fourth-order valence-electron chi connectivity index (χ4n) is 1.36. The van der Waals surface area contributed by atoms with Crippen molar-refractivity contribution in [2.24, 2.45) is 11.7 Å². The Hall–Kier alpha value is -0.370. The molecule has 1 saturated carbocycles. The standard InChI is InChI=1S/C10H19NO/c11-8-2-1-3-10(12)7-6-9-4-5-9/h9H,1-8,11H2. The first-order valence-corrected chi connectivity index (χ1v) is 5.04. The molecule has 0 aromatic rings. The molecule has 1 aliphatic carbocycles. The minimum Gasteiger partial charge on any atom is -0.330 e. The molecule has 0 bridgehead atoms. The van der Waals surface area contributed by atoms with Gasteiger partial charge in [0, 0.05) is 12.8 Å². The van der Waals surface area contributed by atoms with E-state index in [0.717, 1.165) is 44.6 Å². The smallest absolute Gasteiger partial charge is 0.132 e. The molecule has 12 heavy (non-hydrogen) atoms. The molecule has 0 heterocycles. The van der Waals surface area contributed by atoms with E-state index in [-0.39, 0.29) is 0 Å². The monoisotopic (exact) mass is 169 g/mol. The Morgan fingerprint density at radius 2 is 2.00 bits per heavy atom. The van der Waals surface area contributed by atoms with Gasteiger partial charge in [-0.25, -0.2) is 0 Å². The maximum Gasteiger partial charge on any atom is 0.132 e. The Morgan fingerprint density at radius 3 is 2.58 bits per heavy atom. The summed E-state index contributed by atoms with van der Waals surface area (Å²) in [6, 6.07) is 0. The summed E-state index contributed by atoms with van der Waals surface area (Å²) in [6.07, 6.45) is 7.40. The third-order valence-electron chi connectivity index (χ3n) is 2.44. The lowest BCUT2D eigenvalue weighted by Gasteiger charge is -1.98. The van der Waals surface area contributed by atoms with Crippen LogP contribution in [0, 0.1) is 5.92 Å². The summed E-state index contributed by atoms with van der Waals surface area (Å²) >= 11 is 0. The van der Waals surface area contributed by atoms with Gasteiger partial charge in [-0.05, 0) is 31.7 Å². The van der Waals surface area contributed by atoms with Crippen LogP contribution in [0.15, 0.2) is 0 Å². The van der Waals surface area contributed by atoms with Crippen molar-refractivity contribution in [1.82, 2.24) is 0 Å². The SMILES string of the molecule is NCCCCC(=O)CCC1CC1. The normalized spacial score (nSPS) is 16.4. The molecule has 0 aromatic carbocycles. The minimum absolute atomic E-state index is 0.440. The van der Waals surface area contributed by atoms with Crippen LogP contribution in [0.3, 0.4) is 0 Å². The highest BCUT2D eigenvalue weighted by Crippen LogP contribution is 2.33. The lowest BCUT2D eigenvalue weighted by Crippen LogP contribution is -2.02. The Balaban J connectivity index is 1.88. The van der Waals surface area contributed by atoms with Gasteiger partial charge in [0.05, 0.1) is 0 Å². The van der Waals surface area contributed by atoms with Gasteiger partial charge in [0.2, 0.25) is 0 Å². The number of rotatable bonds is 7. The molecule has 0 radical (unpaired) electrons. The highest BCUT2D eigenvalue weighted by molar-refractivity contribution is 5.78. The molecule has 2 N–H and O–H groups in total. The van der Waals surface area contributed by atoms with Crippen molar-refractivity contribution in [1.29, 1.82) is 0 Å². The van der Waals surface area contributed by atoms with E-state index in [4.69, 9.17) is 5.73 Å². The number of nitrogens with two attached hydrogens (primary N) is 1. The van der Waals surface area contributed by atoms with E-state index in [2.05, 4.69) is 0 Å². The van der Waals surface area contributed by atoms with Gasteiger partial charge in [-0.1, -0.05) is 12.8 Å². The van der Waals surface area contributed by atoms with Gasteiger partial charge < -0.3 is 5.73 Å². The lowest BCUT2D eigenvalue weighted by molar-refractivity contribution is -0.119. The predicted molar refractivity (Wildman–Crippen MR) is 49.9 cm³/mol. The van der Waals surface area contributed by atoms with Crippen molar-refractivity contribution in [3.8, 4) is 0 Å². The number of carbonyl (C=O) groups excluding carboxylic acids is 1. The third-order valence-corrected chi connectivity index (χ3v) is 2.44. The zero-order chi connectivity index (χ0) is 8.81. The summed E-state index contributed by atoms with van der Waals surface area (Å²) in [4.78, 5) is 11.2. The molecule has 0 amide bonds. The van der Waals surface area contributed by atoms with Crippen LogP contribution in [0.2, 0.25) is 0 Å². The molecular weight excluding hydrogens is 150 g/mol. The summed E-state index contributed by atoms with van der Waals surface area (Å²) in [6.45, 7) is 0.718. The van der Waals surface area contributed by atoms with Crippen LogP contribution < -0.4 is 5.73 Å². The molecule has 70 valence electrons. The van der Waals surface area contributed by atoms with Gasteiger partial charge in [0.15, 0.2) is 0 Å². The average Bonchev–Trinajstić information content (AvgIpc) is 2.84. The largest absolute Gasteiger partial charge is 0.330 e. The van der Waals surface area contributed by atoms with Gasteiger partial charge in [-0.2, -0.15) is 0 Å². The van der Waals surface area contributed by atoms with Gasteiger partial charge >= 0.3 is 0 Å². The van der Waals surface area contributed by atoms with Crippen LogP contribution in [0.25, 0.3) is 0 Å². The van der Waals surface area contributed by atoms with E-state index in [1.807, 2.05) is 0 Å². The van der Waals surface area contributed by atoms with Crippen LogP contribution in [-0.2, 0) is 4.79 Å². The predicted octanol–water partition coefficient (Wildman–Crippen LogP) is 1.87. The Labute approximate surface area is 74.5 Å². The molecule has 0 aromatic heterocycles. The zero-order valence-corrected chi connectivity index (χ0v) is 7.72. The van der Waals surface area contributed by atoms with Crippen molar-refractivity contribution >= 4 is 5.78 Å². The molecule has 2 nitrogen and oxygen atoms in total. The maximum atomic E-state index is 11.2. The van der Waals surface area contributed by atoms with Crippen molar-refractivity contribution in [2.45, 2.75) is 44.9 Å². The van der Waals surface area contributed by atoms with Crippen molar-refractivity contribution in [2.75, 3.05) is 6.54 Å². The Morgan fingerprint density at radius 1 is 1.25 bits per heavy atom. The van der Waals surface area contributed by atoms with Gasteiger partial charge in [-0.3, -0.25) is 4.79 Å². The molecule has 1 rings (SSSR count). The van der Waals surface area contributed by atoms with Crippen LogP contribution in [0.5, 0.6) is 0 Å². The lowest BCUT2D eigenvalue weighted by atomic mass is 10.1. The number of Topliss-reactive ketones (excluding diaryl/α,β-unsaturated/α-hetero) is 1. The Bertz CT molecular complexity index is 141. The highest BCUT2D eigenvalue weighted by Gasteiger charge is 2.21. The number of ketones is 1. The topological polar surface area (TPSA) is 43.1 Å². The van der Waals surface area contributed by atoms with Crippen molar-refractivity contribution in [3.63, 3.8) is 0 Å². The van der Waals surface area contributed by atoms with E-state index in [9.17, 15) is 4.79 Å². The molecule has 0 aliphatic heterocycles. The molecule has 1 aliphatic rings. The molecule has 0 atom stereocenters. The second-order valence-corrected chi connectivity index (χ2v) is 3.77. The number of carbonyl (C=O) groups is 1. The van der Waals surface area contributed by atoms with E-state index in [1.165, 1.54) is 12.8 Å². The molecule has 2 heteroatoms. The molecule has 0 spiro atoms. The maximum absolute atomic E-state index is 11.2. The zero-order valence-electron chi connectivity index (χ0n) is 7.72. The average molecular weight is 169 g/mol. The van der Waals surface area contributed by atoms with Crippen LogP contribution >= 0.6 is 0 Å². The first-order valence-electron chi connectivity index (χ1n) is 5.04. The third kappa shape index (κ3) is 4.50. The van der Waals surface area contributed by atoms with E-state index in [0.29, 0.717) is 5.78 Å². The quantitative estimate of drug-likeness (QED) is 0.591. The minimum atomic E-state index is 0.440. The van der Waals surface area contributed by atoms with Crippen LogP contribution in [0.1, 0.15) is 44.9 Å². The fourth-order valence-corrected chi connectivity index (χ4v) is 1.36. The molecule has 1 fully saturated rings. The molecule has 0 saturated heterocycles. The first-order chi connectivity index (χ1) is 5.83. The van der Waals surface area contributed by atoms with E-state index >= 15 is 0 Å². The van der Waals surface area contributed by atoms with Gasteiger partial charge in [0.25, 0.3) is 0 Å². The summed E-state index contributed by atoms with van der Waals surface area (Å²) in [5, 5.41) is 0. The molecular formula is C10H19NO. The summed E-state index contributed by atoms with van der Waals surface area (Å²) in [7, 11) is 0. The summed E-state index contributed by atoms with van der Waals surface area (Å²) in [5.74, 6) is 1.33. The second-order valence-electron chi connectivity index (χ2n) is 3.77. The number of hydrogen-bond acceptors (Lipinski definition) is 2. The van der Waals surface area contributed by atoms with E-state index < -0.39 is 0 Å². The highest BCUT2D eigenvalue weighted by atomic mass is 16.1. The first kappa shape index (κ1) is 9.72. The number of hydrogen-bond donors (Lipinski definition) is 1. The van der Waals surface area contributed by atoms with E-state index in [1.54, 1.807) is 0 Å². The fraction of sp³-hybridized carbons (Fsp3) is 0.900. The number of unbranched alkanes of at least 4 members (excludes halogenated alkanes) is 1. The summed E-state index contributed by atoms with van der Waals surface area (Å²) < 4.78 is 0. The van der Waals surface area contributed by atoms with Crippen molar-refractivity contribution in [3.05, 3.63) is 0 Å². The van der Waals surface area contributed by atoms with Crippen LogP contribution in [0.4, 0.5) is 0 Å². The van der Waals surface area contributed by atoms with Crippen molar-refractivity contribution < 1.29 is 4.79 Å². The summed E-state index contributed by atoms with van der Waals surface area (Å²) in [5.41, 5.74) is 5.34. The van der Waals surface area contributed by atoms with Crippen LogP contribution in [-0.4, -0.2) is 12.3 Å².